The van der Waals surface area contributed by atoms with Gasteiger partial charge in [-0.05, 0) is 74.8 Å². The fourth-order valence-corrected chi connectivity index (χ4v) is 4.24. The van der Waals surface area contributed by atoms with Gasteiger partial charge in [0, 0.05) is 24.5 Å². The van der Waals surface area contributed by atoms with Gasteiger partial charge in [-0.25, -0.2) is 23.9 Å². The first-order chi connectivity index (χ1) is 17.9. The number of hydrogen-bond donors (Lipinski definition) is 2. The van der Waals surface area contributed by atoms with Gasteiger partial charge >= 0.3 is 0 Å². The zero-order chi connectivity index (χ0) is 25.9. The van der Waals surface area contributed by atoms with Gasteiger partial charge in [0.2, 0.25) is 0 Å². The lowest BCUT2D eigenvalue weighted by atomic mass is 10.0. The lowest BCUT2D eigenvalue weighted by molar-refractivity contribution is 0.282. The number of pyridine rings is 1. The molecule has 0 saturated carbocycles. The zero-order valence-corrected chi connectivity index (χ0v) is 21.1. The number of nitrogens with two attached hydrogens (primary N) is 1. The second kappa shape index (κ2) is 10.4. The van der Waals surface area contributed by atoms with Crippen LogP contribution in [0.15, 0.2) is 55.2 Å². The van der Waals surface area contributed by atoms with E-state index in [1.807, 2.05) is 51.5 Å². The van der Waals surface area contributed by atoms with E-state index in [4.69, 9.17) is 10.5 Å². The first-order valence-corrected chi connectivity index (χ1v) is 12.0. The number of rotatable bonds is 9. The largest absolute Gasteiger partial charge is 0.491 e. The number of aromatic nitrogens is 5. The van der Waals surface area contributed by atoms with Crippen molar-refractivity contribution in [2.24, 2.45) is 0 Å². The molecule has 2 aromatic carbocycles. The predicted molar refractivity (Wildman–Crippen MR) is 143 cm³/mol. The Labute approximate surface area is 214 Å². The molecule has 0 fully saturated rings. The molecule has 3 aromatic heterocycles. The van der Waals surface area contributed by atoms with Crippen LogP contribution in [0.3, 0.4) is 0 Å². The van der Waals surface area contributed by atoms with Gasteiger partial charge in [-0.2, -0.15) is 5.10 Å². The highest BCUT2D eigenvalue weighted by Crippen LogP contribution is 2.35. The fourth-order valence-electron chi connectivity index (χ4n) is 4.24. The van der Waals surface area contributed by atoms with E-state index in [0.29, 0.717) is 17.9 Å². The monoisotopic (exact) mass is 500 g/mol. The van der Waals surface area contributed by atoms with Crippen molar-refractivity contribution in [1.82, 2.24) is 29.5 Å². The Kier molecular flexibility index (Phi) is 6.82. The van der Waals surface area contributed by atoms with Gasteiger partial charge in [-0.15, -0.1) is 0 Å². The van der Waals surface area contributed by atoms with Crippen molar-refractivity contribution < 1.29 is 9.13 Å². The highest BCUT2D eigenvalue weighted by atomic mass is 19.1. The minimum Gasteiger partial charge on any atom is -0.491 e. The van der Waals surface area contributed by atoms with Crippen LogP contribution < -0.4 is 15.8 Å². The molecule has 5 rings (SSSR count). The smallest absolute Gasteiger partial charge is 0.163 e. The van der Waals surface area contributed by atoms with Crippen molar-refractivity contribution in [3.8, 4) is 5.75 Å². The molecule has 5 aromatic rings. The first-order valence-electron chi connectivity index (χ1n) is 12.0. The fraction of sp³-hybridized carbons (Fsp3) is 0.259. The Morgan fingerprint density at radius 1 is 1.08 bits per heavy atom. The summed E-state index contributed by atoms with van der Waals surface area (Å²) in [6.45, 7) is 3.34. The maximum Gasteiger partial charge on any atom is 0.163 e. The maximum absolute atomic E-state index is 15.4. The number of benzene rings is 2. The zero-order valence-electron chi connectivity index (χ0n) is 21.1. The van der Waals surface area contributed by atoms with E-state index in [1.54, 1.807) is 16.9 Å². The molecule has 0 unspecified atom stereocenters. The first kappa shape index (κ1) is 24.4. The molecule has 0 radical (unpaired) electrons. The van der Waals surface area contributed by atoms with Crippen LogP contribution in [-0.2, 0) is 6.42 Å². The van der Waals surface area contributed by atoms with Gasteiger partial charge in [-0.1, -0.05) is 6.07 Å². The molecule has 0 atom stereocenters. The van der Waals surface area contributed by atoms with E-state index in [0.717, 1.165) is 41.8 Å². The van der Waals surface area contributed by atoms with Gasteiger partial charge in [0.1, 0.15) is 29.9 Å². The number of nitrogen functional groups attached to an aromatic ring is 1. The third-order valence-corrected chi connectivity index (χ3v) is 6.22. The Balaban J connectivity index is 1.36. The number of anilines is 3. The van der Waals surface area contributed by atoms with Crippen LogP contribution >= 0.6 is 0 Å². The lowest BCUT2D eigenvalue weighted by Crippen LogP contribution is -2.16. The maximum atomic E-state index is 15.4. The van der Waals surface area contributed by atoms with Crippen molar-refractivity contribution in [2.45, 2.75) is 19.8 Å². The van der Waals surface area contributed by atoms with Crippen LogP contribution in [0, 0.1) is 12.7 Å². The number of aryl methyl sites for hydroxylation is 1. The summed E-state index contributed by atoms with van der Waals surface area (Å²) in [5.74, 6) is 0.0381. The molecular formula is C27H29FN8O. The van der Waals surface area contributed by atoms with Gasteiger partial charge in [0.25, 0.3) is 0 Å². The standard InChI is InChI=1S/C27H29FN8O/c1-17-11-20(6-5-19(17)12-18-7-9-36-23(13-18)31-16-33-36)34-27-24-21(30-15-32-27)14-22(26(29)25(24)28)37-10-4-8-35(2)3/h5-7,9,11,13-16H,4,8,10,12,29H2,1-3H3,(H,30,32,34). The van der Waals surface area contributed by atoms with Crippen LogP contribution in [-0.4, -0.2) is 56.7 Å². The Morgan fingerprint density at radius 2 is 1.95 bits per heavy atom. The summed E-state index contributed by atoms with van der Waals surface area (Å²) in [4.78, 5) is 14.9. The molecule has 0 aliphatic carbocycles. The molecule has 190 valence electrons. The number of nitrogens with one attached hydrogen (secondary N) is 1. The van der Waals surface area contributed by atoms with E-state index >= 15 is 4.39 Å². The number of nitrogens with zero attached hydrogens (tertiary/aromatic N) is 6. The topological polar surface area (TPSA) is 106 Å². The minimum absolute atomic E-state index is 0.0497. The third kappa shape index (κ3) is 5.29. The van der Waals surface area contributed by atoms with E-state index in [1.165, 1.54) is 11.9 Å². The summed E-state index contributed by atoms with van der Waals surface area (Å²) in [5.41, 5.74) is 11.5. The second-order valence-electron chi connectivity index (χ2n) is 9.26. The van der Waals surface area contributed by atoms with Crippen molar-refractivity contribution in [3.63, 3.8) is 0 Å². The highest BCUT2D eigenvalue weighted by molar-refractivity contribution is 5.95. The molecule has 0 spiro atoms. The molecule has 0 aliphatic rings. The van der Waals surface area contributed by atoms with Crippen LogP contribution in [0.2, 0.25) is 0 Å². The molecule has 3 N–H and O–H groups in total. The van der Waals surface area contributed by atoms with Crippen LogP contribution in [0.5, 0.6) is 5.75 Å². The summed E-state index contributed by atoms with van der Waals surface area (Å²) >= 11 is 0. The SMILES string of the molecule is Cc1cc(Nc2ncnc3cc(OCCCN(C)C)c(N)c(F)c23)ccc1Cc1ccn2ncnc2c1. The molecule has 37 heavy (non-hydrogen) atoms. The second-order valence-corrected chi connectivity index (χ2v) is 9.26. The van der Waals surface area contributed by atoms with Crippen molar-refractivity contribution in [3.05, 3.63) is 77.8 Å². The molecule has 0 aliphatic heterocycles. The lowest BCUT2D eigenvalue weighted by Gasteiger charge is -2.15. The summed E-state index contributed by atoms with van der Waals surface area (Å²) in [7, 11) is 3.98. The molecule has 0 bridgehead atoms. The summed E-state index contributed by atoms with van der Waals surface area (Å²) in [6.07, 6.45) is 6.40. The van der Waals surface area contributed by atoms with Gasteiger partial charge in [0.05, 0.1) is 17.5 Å². The Bertz CT molecular complexity index is 1570. The summed E-state index contributed by atoms with van der Waals surface area (Å²) in [6, 6.07) is 11.8. The van der Waals surface area contributed by atoms with Crippen molar-refractivity contribution in [1.29, 1.82) is 0 Å². The molecule has 0 saturated heterocycles. The van der Waals surface area contributed by atoms with E-state index in [-0.39, 0.29) is 16.8 Å². The van der Waals surface area contributed by atoms with Crippen LogP contribution in [0.4, 0.5) is 21.6 Å². The van der Waals surface area contributed by atoms with E-state index in [9.17, 15) is 0 Å². The van der Waals surface area contributed by atoms with Crippen LogP contribution in [0.1, 0.15) is 23.1 Å². The van der Waals surface area contributed by atoms with E-state index in [2.05, 4.69) is 36.3 Å². The Morgan fingerprint density at radius 3 is 2.76 bits per heavy atom. The minimum atomic E-state index is -0.597. The average molecular weight is 501 g/mol. The summed E-state index contributed by atoms with van der Waals surface area (Å²) < 4.78 is 22.9. The Hall–Kier alpha value is -4.31. The average Bonchev–Trinajstić information content (AvgIpc) is 3.34. The van der Waals surface area contributed by atoms with Gasteiger partial charge in [0.15, 0.2) is 11.5 Å². The predicted octanol–water partition coefficient (Wildman–Crippen LogP) is 4.37. The van der Waals surface area contributed by atoms with E-state index < -0.39 is 5.82 Å². The number of ether oxygens (including phenoxy) is 1. The molecule has 10 heteroatoms. The van der Waals surface area contributed by atoms with Crippen molar-refractivity contribution in [2.75, 3.05) is 38.3 Å². The van der Waals surface area contributed by atoms with Crippen LogP contribution in [0.25, 0.3) is 16.6 Å². The number of hydrogen-bond acceptors (Lipinski definition) is 8. The molecule has 9 nitrogen and oxygen atoms in total. The van der Waals surface area contributed by atoms with Gasteiger partial charge < -0.3 is 20.7 Å². The molecule has 3 heterocycles. The summed E-state index contributed by atoms with van der Waals surface area (Å²) in [5, 5.41) is 7.60. The number of fused-ring (bicyclic) bond motifs is 2. The number of halogens is 1. The molecule has 0 amide bonds. The molecular weight excluding hydrogens is 471 g/mol. The normalized spacial score (nSPS) is 11.5. The van der Waals surface area contributed by atoms with Gasteiger partial charge in [-0.3, -0.25) is 0 Å². The van der Waals surface area contributed by atoms with Crippen molar-refractivity contribution >= 4 is 33.7 Å². The highest BCUT2D eigenvalue weighted by Gasteiger charge is 2.17. The third-order valence-electron chi connectivity index (χ3n) is 6.22. The quantitative estimate of drug-likeness (QED) is 0.227.